The highest BCUT2D eigenvalue weighted by atomic mass is 127. The lowest BCUT2D eigenvalue weighted by Gasteiger charge is -2.20. The lowest BCUT2D eigenvalue weighted by molar-refractivity contribution is 0.0391. The summed E-state index contributed by atoms with van der Waals surface area (Å²) in [5.74, 6) is -1.16. The summed E-state index contributed by atoms with van der Waals surface area (Å²) >= 11 is 5.13. The van der Waals surface area contributed by atoms with Crippen molar-refractivity contribution in [2.45, 2.75) is 36.3 Å². The second kappa shape index (κ2) is 7.31. The van der Waals surface area contributed by atoms with Gasteiger partial charge in [0.05, 0.1) is 0 Å². The van der Waals surface area contributed by atoms with E-state index in [2.05, 4.69) is 15.9 Å². The molecule has 0 N–H and O–H groups in total. The maximum atomic E-state index is 13.3. The van der Waals surface area contributed by atoms with Crippen LogP contribution in [0.2, 0.25) is 0 Å². The molecule has 0 aromatic rings. The first-order valence-corrected chi connectivity index (χ1v) is 6.49. The molecule has 0 radical (unpaired) electrons. The van der Waals surface area contributed by atoms with Crippen molar-refractivity contribution < 1.29 is 13.2 Å². The Morgan fingerprint density at radius 2 is 1.85 bits per heavy atom. The lowest BCUT2D eigenvalue weighted by Crippen LogP contribution is -2.28. The molecule has 0 aromatic heterocycles. The first kappa shape index (κ1) is 14.0. The largest absolute Gasteiger partial charge is 0.246 e. The summed E-state index contributed by atoms with van der Waals surface area (Å²) in [5.41, 5.74) is 0. The summed E-state index contributed by atoms with van der Waals surface area (Å²) in [6.07, 6.45) is -2.50. The van der Waals surface area contributed by atoms with Crippen LogP contribution in [0.4, 0.5) is 13.2 Å². The fourth-order valence-corrected chi connectivity index (χ4v) is 2.32. The van der Waals surface area contributed by atoms with Crippen LogP contribution in [0.15, 0.2) is 0 Å². The van der Waals surface area contributed by atoms with E-state index in [0.717, 1.165) is 11.8 Å². The molecule has 3 atom stereocenters. The van der Waals surface area contributed by atoms with Gasteiger partial charge in [0.15, 0.2) is 0 Å². The molecule has 0 spiro atoms. The van der Waals surface area contributed by atoms with Crippen LogP contribution >= 0.6 is 38.5 Å². The van der Waals surface area contributed by atoms with E-state index in [1.807, 2.05) is 22.6 Å². The van der Waals surface area contributed by atoms with Gasteiger partial charge < -0.3 is 0 Å². The minimum Gasteiger partial charge on any atom is -0.246 e. The Morgan fingerprint density at radius 1 is 1.31 bits per heavy atom. The molecule has 0 aliphatic heterocycles. The van der Waals surface area contributed by atoms with Gasteiger partial charge in [0.2, 0.25) is 6.43 Å². The number of hydrogen-bond acceptors (Lipinski definition) is 0. The molecule has 0 aromatic carbocycles. The van der Waals surface area contributed by atoms with Gasteiger partial charge in [-0.2, -0.15) is 0 Å². The predicted octanol–water partition coefficient (Wildman–Crippen LogP) is 4.20. The second-order valence-corrected chi connectivity index (χ2v) is 5.38. The van der Waals surface area contributed by atoms with Gasteiger partial charge in [-0.1, -0.05) is 45.4 Å². The molecule has 0 saturated carbocycles. The monoisotopic (exact) mass is 372 g/mol. The summed E-state index contributed by atoms with van der Waals surface area (Å²) in [6, 6.07) is 0. The molecule has 0 heterocycles. The average molecular weight is 373 g/mol. The van der Waals surface area contributed by atoms with E-state index >= 15 is 0 Å². The predicted molar refractivity (Wildman–Crippen MR) is 60.9 cm³/mol. The van der Waals surface area contributed by atoms with E-state index in [9.17, 15) is 13.2 Å². The van der Waals surface area contributed by atoms with Gasteiger partial charge in [0.25, 0.3) is 0 Å². The minimum absolute atomic E-state index is 0.306. The Bertz CT molecular complexity index is 135. The Labute approximate surface area is 98.9 Å². The molecule has 13 heavy (non-hydrogen) atoms. The zero-order chi connectivity index (χ0) is 10.4. The molecular formula is C8H13BrF3I. The Morgan fingerprint density at radius 3 is 2.23 bits per heavy atom. The lowest BCUT2D eigenvalue weighted by atomic mass is 10.0. The molecule has 0 rings (SSSR count). The van der Waals surface area contributed by atoms with Crippen molar-refractivity contribution in [2.24, 2.45) is 5.92 Å². The van der Waals surface area contributed by atoms with Gasteiger partial charge in [-0.15, -0.1) is 0 Å². The number of hydrogen-bond donors (Lipinski definition) is 0. The zero-order valence-electron chi connectivity index (χ0n) is 7.32. The summed E-state index contributed by atoms with van der Waals surface area (Å²) in [6.45, 7) is 1.26. The molecule has 0 saturated heterocycles. The molecule has 0 bridgehead atoms. The third-order valence-electron chi connectivity index (χ3n) is 1.86. The van der Waals surface area contributed by atoms with Gasteiger partial charge >= 0.3 is 0 Å². The van der Waals surface area contributed by atoms with Crippen molar-refractivity contribution >= 4 is 38.5 Å². The van der Waals surface area contributed by atoms with E-state index in [-0.39, 0.29) is 3.92 Å². The molecule has 80 valence electrons. The van der Waals surface area contributed by atoms with Crippen LogP contribution < -0.4 is 0 Å². The van der Waals surface area contributed by atoms with Gasteiger partial charge in [0.1, 0.15) is 6.17 Å². The van der Waals surface area contributed by atoms with E-state index in [1.165, 1.54) is 6.92 Å². The zero-order valence-corrected chi connectivity index (χ0v) is 11.1. The molecule has 0 fully saturated rings. The topological polar surface area (TPSA) is 0 Å². The Balaban J connectivity index is 3.86. The van der Waals surface area contributed by atoms with E-state index in [4.69, 9.17) is 0 Å². The van der Waals surface area contributed by atoms with Crippen molar-refractivity contribution in [1.82, 2.24) is 0 Å². The van der Waals surface area contributed by atoms with Crippen molar-refractivity contribution in [2.75, 3.05) is 5.33 Å². The van der Waals surface area contributed by atoms with Crippen molar-refractivity contribution in [3.8, 4) is 0 Å². The minimum atomic E-state index is -2.56. The molecular weight excluding hydrogens is 360 g/mol. The highest BCUT2D eigenvalue weighted by molar-refractivity contribution is 14.1. The van der Waals surface area contributed by atoms with E-state index in [0.29, 0.717) is 6.42 Å². The quantitative estimate of drug-likeness (QED) is 0.484. The summed E-state index contributed by atoms with van der Waals surface area (Å²) in [7, 11) is 0. The first-order valence-electron chi connectivity index (χ1n) is 4.13. The highest BCUT2D eigenvalue weighted by Crippen LogP contribution is 2.26. The molecule has 0 nitrogen and oxygen atoms in total. The smallest absolute Gasteiger partial charge is 0.243 e. The molecule has 5 heteroatoms. The fraction of sp³-hybridized carbons (Fsp3) is 1.00. The van der Waals surface area contributed by atoms with Crippen LogP contribution in [-0.2, 0) is 0 Å². The van der Waals surface area contributed by atoms with Crippen LogP contribution in [-0.4, -0.2) is 21.9 Å². The van der Waals surface area contributed by atoms with Crippen molar-refractivity contribution in [1.29, 1.82) is 0 Å². The SMILES string of the molecule is CC(C(F)F)C(F)C(I)CCCBr. The van der Waals surface area contributed by atoms with Crippen molar-refractivity contribution in [3.05, 3.63) is 0 Å². The average Bonchev–Trinajstić information content (AvgIpc) is 2.11. The van der Waals surface area contributed by atoms with Gasteiger partial charge in [-0.25, -0.2) is 13.2 Å². The molecule has 0 amide bonds. The van der Waals surface area contributed by atoms with E-state index in [1.54, 1.807) is 0 Å². The van der Waals surface area contributed by atoms with Gasteiger partial charge in [-0.3, -0.25) is 0 Å². The van der Waals surface area contributed by atoms with Crippen LogP contribution in [0.3, 0.4) is 0 Å². The van der Waals surface area contributed by atoms with Crippen LogP contribution in [0.1, 0.15) is 19.8 Å². The highest BCUT2D eigenvalue weighted by Gasteiger charge is 2.30. The van der Waals surface area contributed by atoms with Crippen LogP contribution in [0, 0.1) is 5.92 Å². The first-order chi connectivity index (χ1) is 6.00. The second-order valence-electron chi connectivity index (χ2n) is 2.99. The number of halogens is 5. The molecule has 0 aliphatic rings. The van der Waals surface area contributed by atoms with Crippen LogP contribution in [0.5, 0.6) is 0 Å². The van der Waals surface area contributed by atoms with Crippen LogP contribution in [0.25, 0.3) is 0 Å². The molecule has 3 unspecified atom stereocenters. The van der Waals surface area contributed by atoms with Gasteiger partial charge in [0, 0.05) is 15.2 Å². The maximum absolute atomic E-state index is 13.3. The fourth-order valence-electron chi connectivity index (χ4n) is 0.900. The Hall–Kier alpha value is 1.00. The third kappa shape index (κ3) is 5.44. The standard InChI is InChI=1S/C8H13BrF3I/c1-5(8(11)12)7(10)6(13)3-2-4-9/h5-8H,2-4H2,1H3. The third-order valence-corrected chi connectivity index (χ3v) is 3.73. The summed E-state index contributed by atoms with van der Waals surface area (Å²) in [5, 5.41) is 0.794. The number of rotatable bonds is 6. The maximum Gasteiger partial charge on any atom is 0.243 e. The molecule has 0 aliphatic carbocycles. The normalized spacial score (nSPS) is 18.7. The van der Waals surface area contributed by atoms with Gasteiger partial charge in [-0.05, 0) is 12.8 Å². The summed E-state index contributed by atoms with van der Waals surface area (Å²) in [4.78, 5) is 0. The Kier molecular flexibility index (Phi) is 7.88. The number of alkyl halides is 5. The van der Waals surface area contributed by atoms with Crippen molar-refractivity contribution in [3.63, 3.8) is 0 Å². The van der Waals surface area contributed by atoms with E-state index < -0.39 is 18.5 Å². The summed E-state index contributed by atoms with van der Waals surface area (Å²) < 4.78 is 37.2.